The Kier molecular flexibility index (Phi) is 8.59. The lowest BCUT2D eigenvalue weighted by Crippen LogP contribution is -2.66. The standard InChI is InChI=1S/C26H30FN7O3.2ClH/c1-14-13-34-24(29-14)19(36-6)10-17(32-34)15-9-18(35)22(28-12-15)16-7-8-21(31-30-16)37-20-11-25(2,3)33-26(4,5)23(20)27;;/h7-10,12-13,20,23,33,35H,11H2,1-6H3;2*1H/t20-,23-;;/m0../s1. The molecule has 5 rings (SSSR count). The molecule has 13 heteroatoms. The monoisotopic (exact) mass is 579 g/mol. The highest BCUT2D eigenvalue weighted by Crippen LogP contribution is 2.34. The molecule has 0 spiro atoms. The summed E-state index contributed by atoms with van der Waals surface area (Å²) in [6.07, 6.45) is 1.97. The van der Waals surface area contributed by atoms with Crippen molar-refractivity contribution in [3.05, 3.63) is 42.4 Å². The maximum atomic E-state index is 15.1. The number of aromatic hydroxyl groups is 1. The Morgan fingerprint density at radius 2 is 1.85 bits per heavy atom. The smallest absolute Gasteiger partial charge is 0.233 e. The molecule has 0 saturated carbocycles. The number of aromatic nitrogens is 6. The van der Waals surface area contributed by atoms with E-state index in [0.717, 1.165) is 5.69 Å². The van der Waals surface area contributed by atoms with Gasteiger partial charge >= 0.3 is 0 Å². The van der Waals surface area contributed by atoms with Crippen molar-refractivity contribution >= 4 is 30.5 Å². The zero-order valence-corrected chi connectivity index (χ0v) is 24.1. The van der Waals surface area contributed by atoms with E-state index in [1.165, 1.54) is 0 Å². The molecular weight excluding hydrogens is 548 g/mol. The molecule has 0 aromatic carbocycles. The Hall–Kier alpha value is -3.28. The van der Waals surface area contributed by atoms with Crippen LogP contribution in [0.5, 0.6) is 17.4 Å². The van der Waals surface area contributed by atoms with E-state index in [1.54, 1.807) is 48.3 Å². The van der Waals surface area contributed by atoms with Gasteiger partial charge in [-0.05, 0) is 46.8 Å². The number of methoxy groups -OCH3 is 1. The lowest BCUT2D eigenvalue weighted by Gasteiger charge is -2.48. The Bertz CT molecular complexity index is 1460. The van der Waals surface area contributed by atoms with E-state index in [2.05, 4.69) is 30.6 Å². The average Bonchev–Trinajstić information content (AvgIpc) is 3.21. The fourth-order valence-electron chi connectivity index (χ4n) is 4.97. The van der Waals surface area contributed by atoms with Gasteiger partial charge in [0.15, 0.2) is 17.6 Å². The number of hydrogen-bond donors (Lipinski definition) is 2. The second-order valence-electron chi connectivity index (χ2n) is 10.6. The highest BCUT2D eigenvalue weighted by Gasteiger charge is 2.47. The Morgan fingerprint density at radius 1 is 1.10 bits per heavy atom. The first kappa shape index (κ1) is 30.3. The predicted molar refractivity (Wildman–Crippen MR) is 150 cm³/mol. The first-order valence-electron chi connectivity index (χ1n) is 12.0. The van der Waals surface area contributed by atoms with Gasteiger partial charge < -0.3 is 19.9 Å². The van der Waals surface area contributed by atoms with E-state index in [4.69, 9.17) is 9.47 Å². The third-order valence-corrected chi connectivity index (χ3v) is 6.44. The van der Waals surface area contributed by atoms with Crippen LogP contribution in [0.3, 0.4) is 0 Å². The minimum atomic E-state index is -1.22. The number of fused-ring (bicyclic) bond motifs is 1. The second kappa shape index (κ2) is 11.1. The topological polar surface area (TPSA) is 120 Å². The van der Waals surface area contributed by atoms with Crippen molar-refractivity contribution in [1.82, 2.24) is 35.1 Å². The average molecular weight is 580 g/mol. The summed E-state index contributed by atoms with van der Waals surface area (Å²) >= 11 is 0. The van der Waals surface area contributed by atoms with Crippen molar-refractivity contribution in [2.45, 2.75) is 64.4 Å². The predicted octanol–water partition coefficient (Wildman–Crippen LogP) is 4.75. The van der Waals surface area contributed by atoms with Gasteiger partial charge in [0.2, 0.25) is 5.88 Å². The van der Waals surface area contributed by atoms with Crippen LogP contribution < -0.4 is 14.8 Å². The molecule has 1 aliphatic heterocycles. The number of rotatable bonds is 5. The molecule has 4 aromatic heterocycles. The van der Waals surface area contributed by atoms with Gasteiger partial charge in [-0.1, -0.05) is 0 Å². The maximum absolute atomic E-state index is 15.1. The lowest BCUT2D eigenvalue weighted by atomic mass is 9.79. The van der Waals surface area contributed by atoms with E-state index in [-0.39, 0.29) is 47.7 Å². The number of nitrogens with zero attached hydrogens (tertiary/aromatic N) is 6. The molecule has 1 saturated heterocycles. The molecule has 0 unspecified atom stereocenters. The largest absolute Gasteiger partial charge is 0.506 e. The number of imidazole rings is 1. The molecule has 210 valence electrons. The van der Waals surface area contributed by atoms with Crippen LogP contribution in [0.4, 0.5) is 4.39 Å². The molecule has 4 aromatic rings. The van der Waals surface area contributed by atoms with E-state index in [0.29, 0.717) is 34.8 Å². The first-order valence-corrected chi connectivity index (χ1v) is 12.0. The molecule has 0 aliphatic carbocycles. The minimum Gasteiger partial charge on any atom is -0.506 e. The second-order valence-corrected chi connectivity index (χ2v) is 10.6. The fourth-order valence-corrected chi connectivity index (χ4v) is 4.97. The molecule has 1 aliphatic rings. The zero-order valence-electron chi connectivity index (χ0n) is 22.5. The molecule has 0 amide bonds. The van der Waals surface area contributed by atoms with Gasteiger partial charge in [-0.3, -0.25) is 0 Å². The van der Waals surface area contributed by atoms with Crippen LogP contribution in [0.1, 0.15) is 39.8 Å². The third kappa shape index (κ3) is 6.00. The quantitative estimate of drug-likeness (QED) is 0.345. The summed E-state index contributed by atoms with van der Waals surface area (Å²) < 4.78 is 28.1. The molecule has 10 nitrogen and oxygen atoms in total. The summed E-state index contributed by atoms with van der Waals surface area (Å²) in [6, 6.07) is 6.54. The van der Waals surface area contributed by atoms with Crippen LogP contribution in [0.2, 0.25) is 0 Å². The summed E-state index contributed by atoms with van der Waals surface area (Å²) in [6.45, 7) is 9.55. The van der Waals surface area contributed by atoms with Crippen molar-refractivity contribution in [3.8, 4) is 40.0 Å². The molecule has 39 heavy (non-hydrogen) atoms. The van der Waals surface area contributed by atoms with E-state index in [1.807, 2.05) is 34.6 Å². The summed E-state index contributed by atoms with van der Waals surface area (Å²) in [5.41, 5.74) is 2.13. The Morgan fingerprint density at radius 3 is 2.49 bits per heavy atom. The first-order chi connectivity index (χ1) is 17.5. The number of pyridine rings is 1. The van der Waals surface area contributed by atoms with Crippen LogP contribution in [0, 0.1) is 6.92 Å². The lowest BCUT2D eigenvalue weighted by molar-refractivity contribution is -0.0281. The minimum absolute atomic E-state index is 0. The van der Waals surface area contributed by atoms with E-state index in [9.17, 15) is 5.11 Å². The molecular formula is C26H32Cl2FN7O3. The Balaban J connectivity index is 0.00000210. The molecule has 5 heterocycles. The number of piperidine rings is 1. The maximum Gasteiger partial charge on any atom is 0.233 e. The van der Waals surface area contributed by atoms with Crippen LogP contribution >= 0.6 is 24.8 Å². The van der Waals surface area contributed by atoms with Gasteiger partial charge in [0.05, 0.1) is 24.7 Å². The van der Waals surface area contributed by atoms with Crippen LogP contribution in [0.25, 0.3) is 28.3 Å². The van der Waals surface area contributed by atoms with Crippen molar-refractivity contribution in [2.24, 2.45) is 0 Å². The van der Waals surface area contributed by atoms with Crippen LogP contribution in [0.15, 0.2) is 36.7 Å². The SMILES string of the molecule is COc1cc(-c2cnc(-c3ccc(O[C@H]4CC(C)(C)NC(C)(C)[C@H]4F)nn3)c(O)c2)nn2cc(C)nc12.Cl.Cl. The number of nitrogens with one attached hydrogen (secondary N) is 1. The van der Waals surface area contributed by atoms with Crippen molar-refractivity contribution in [3.63, 3.8) is 0 Å². The van der Waals surface area contributed by atoms with Crippen molar-refractivity contribution in [2.75, 3.05) is 7.11 Å². The van der Waals surface area contributed by atoms with Gasteiger partial charge in [0, 0.05) is 41.4 Å². The summed E-state index contributed by atoms with van der Waals surface area (Å²) in [4.78, 5) is 8.81. The summed E-state index contributed by atoms with van der Waals surface area (Å²) in [5, 5.41) is 26.9. The van der Waals surface area contributed by atoms with E-state index < -0.39 is 17.8 Å². The Labute approximate surface area is 238 Å². The highest BCUT2D eigenvalue weighted by molar-refractivity contribution is 5.85. The van der Waals surface area contributed by atoms with E-state index >= 15 is 4.39 Å². The van der Waals surface area contributed by atoms with Gasteiger partial charge in [-0.2, -0.15) is 5.10 Å². The number of hydrogen-bond acceptors (Lipinski definition) is 9. The molecule has 1 fully saturated rings. The van der Waals surface area contributed by atoms with Gasteiger partial charge in [0.25, 0.3) is 0 Å². The number of ether oxygens (including phenoxy) is 2. The number of aryl methyl sites for hydroxylation is 1. The molecule has 0 bridgehead atoms. The van der Waals surface area contributed by atoms with Gasteiger partial charge in [-0.15, -0.1) is 35.0 Å². The molecule has 0 radical (unpaired) electrons. The third-order valence-electron chi connectivity index (χ3n) is 6.44. The normalized spacial score (nSPS) is 19.6. The van der Waals surface area contributed by atoms with Crippen molar-refractivity contribution < 1.29 is 19.0 Å². The highest BCUT2D eigenvalue weighted by atomic mass is 35.5. The summed E-state index contributed by atoms with van der Waals surface area (Å²) in [7, 11) is 1.56. The van der Waals surface area contributed by atoms with Crippen molar-refractivity contribution in [1.29, 1.82) is 0 Å². The van der Waals surface area contributed by atoms with Crippen LogP contribution in [-0.2, 0) is 0 Å². The molecule has 2 atom stereocenters. The molecule has 2 N–H and O–H groups in total. The summed E-state index contributed by atoms with van der Waals surface area (Å²) in [5.74, 6) is 0.675. The fraction of sp³-hybridized carbons (Fsp3) is 0.423. The van der Waals surface area contributed by atoms with Gasteiger partial charge in [0.1, 0.15) is 23.2 Å². The number of halogens is 3. The zero-order chi connectivity index (χ0) is 26.5. The number of alkyl halides is 1. The van der Waals surface area contributed by atoms with Gasteiger partial charge in [-0.25, -0.2) is 18.9 Å². The van der Waals surface area contributed by atoms with Crippen LogP contribution in [-0.4, -0.2) is 65.3 Å².